The Bertz CT molecular complexity index is 1080. The van der Waals surface area contributed by atoms with Crippen LogP contribution in [-0.4, -0.2) is 20.4 Å². The van der Waals surface area contributed by atoms with Gasteiger partial charge in [0.2, 0.25) is 0 Å². The zero-order chi connectivity index (χ0) is 20.2. The van der Waals surface area contributed by atoms with E-state index < -0.39 is 0 Å². The van der Waals surface area contributed by atoms with Crippen molar-refractivity contribution in [3.8, 4) is 0 Å². The Kier molecular flexibility index (Phi) is 5.43. The summed E-state index contributed by atoms with van der Waals surface area (Å²) in [5.41, 5.74) is 4.82. The van der Waals surface area contributed by atoms with Gasteiger partial charge in [0.25, 0.3) is 5.91 Å². The molecule has 4 heteroatoms. The molecule has 0 saturated heterocycles. The standard InChI is InChI=1S/C25H25N3O/c1-3-24-26-22-16-21(14-15-23(22)27(24)2)25(29)28(17-19-10-6-4-7-11-19)18-20-12-8-5-9-13-20/h4-16H,3,17-18H2,1-2H3. The Morgan fingerprint density at radius 1 is 0.897 bits per heavy atom. The molecule has 1 heterocycles. The SMILES string of the molecule is CCc1nc2cc(C(=O)N(Cc3ccccc3)Cc3ccccc3)ccc2n1C. The molecule has 0 spiro atoms. The van der Waals surface area contributed by atoms with Crippen LogP contribution in [0.5, 0.6) is 0 Å². The van der Waals surface area contributed by atoms with Crippen LogP contribution < -0.4 is 0 Å². The van der Waals surface area contributed by atoms with E-state index in [2.05, 4.69) is 35.8 Å². The minimum Gasteiger partial charge on any atom is -0.331 e. The maximum Gasteiger partial charge on any atom is 0.254 e. The summed E-state index contributed by atoms with van der Waals surface area (Å²) in [6.45, 7) is 3.22. The van der Waals surface area contributed by atoms with Crippen LogP contribution in [-0.2, 0) is 26.6 Å². The molecular formula is C25H25N3O. The van der Waals surface area contributed by atoms with Gasteiger partial charge in [-0.05, 0) is 29.3 Å². The van der Waals surface area contributed by atoms with Crippen molar-refractivity contribution in [3.63, 3.8) is 0 Å². The molecule has 0 aliphatic carbocycles. The maximum atomic E-state index is 13.4. The van der Waals surface area contributed by atoms with E-state index in [0.29, 0.717) is 18.7 Å². The molecule has 0 atom stereocenters. The first-order valence-electron chi connectivity index (χ1n) is 9.98. The molecule has 3 aromatic carbocycles. The van der Waals surface area contributed by atoms with Crippen LogP contribution in [0.1, 0.15) is 34.2 Å². The molecule has 4 aromatic rings. The van der Waals surface area contributed by atoms with Crippen molar-refractivity contribution in [2.75, 3.05) is 0 Å². The number of nitrogens with zero attached hydrogens (tertiary/aromatic N) is 3. The van der Waals surface area contributed by atoms with Gasteiger partial charge in [-0.25, -0.2) is 4.98 Å². The molecular weight excluding hydrogens is 358 g/mol. The molecule has 146 valence electrons. The third-order valence-corrected chi connectivity index (χ3v) is 5.26. The van der Waals surface area contributed by atoms with E-state index in [1.807, 2.05) is 66.5 Å². The maximum absolute atomic E-state index is 13.4. The Morgan fingerprint density at radius 3 is 2.03 bits per heavy atom. The minimum absolute atomic E-state index is 0.0170. The third kappa shape index (κ3) is 4.06. The lowest BCUT2D eigenvalue weighted by Gasteiger charge is -2.23. The smallest absolute Gasteiger partial charge is 0.254 e. The Morgan fingerprint density at radius 2 is 1.48 bits per heavy atom. The Hall–Kier alpha value is -3.40. The number of carbonyl (C=O) groups excluding carboxylic acids is 1. The molecule has 0 unspecified atom stereocenters. The molecule has 0 N–H and O–H groups in total. The first-order chi connectivity index (χ1) is 14.2. The van der Waals surface area contributed by atoms with Gasteiger partial charge in [-0.3, -0.25) is 4.79 Å². The molecule has 0 saturated carbocycles. The average molecular weight is 383 g/mol. The van der Waals surface area contributed by atoms with Crippen LogP contribution in [0.15, 0.2) is 78.9 Å². The van der Waals surface area contributed by atoms with E-state index in [4.69, 9.17) is 4.98 Å². The summed E-state index contributed by atoms with van der Waals surface area (Å²) < 4.78 is 2.09. The lowest BCUT2D eigenvalue weighted by Crippen LogP contribution is -2.30. The quantitative estimate of drug-likeness (QED) is 0.471. The number of rotatable bonds is 6. The summed E-state index contributed by atoms with van der Waals surface area (Å²) in [6, 6.07) is 26.1. The summed E-state index contributed by atoms with van der Waals surface area (Å²) in [7, 11) is 2.02. The molecule has 0 radical (unpaired) electrons. The Balaban J connectivity index is 1.67. The van der Waals surface area contributed by atoms with Crippen LogP contribution in [0.2, 0.25) is 0 Å². The zero-order valence-corrected chi connectivity index (χ0v) is 16.9. The van der Waals surface area contributed by atoms with Gasteiger partial charge >= 0.3 is 0 Å². The number of amides is 1. The summed E-state index contributed by atoms with van der Waals surface area (Å²) in [6.07, 6.45) is 0.864. The number of aryl methyl sites for hydroxylation is 2. The third-order valence-electron chi connectivity index (χ3n) is 5.26. The van der Waals surface area contributed by atoms with Crippen LogP contribution in [0.4, 0.5) is 0 Å². The summed E-state index contributed by atoms with van der Waals surface area (Å²) in [5.74, 6) is 1.04. The van der Waals surface area contributed by atoms with Crippen molar-refractivity contribution >= 4 is 16.9 Å². The molecule has 1 aromatic heterocycles. The highest BCUT2D eigenvalue weighted by Crippen LogP contribution is 2.20. The normalized spacial score (nSPS) is 11.0. The number of hydrogen-bond donors (Lipinski definition) is 0. The van der Waals surface area contributed by atoms with Gasteiger partial charge in [0.15, 0.2) is 0 Å². The lowest BCUT2D eigenvalue weighted by molar-refractivity contribution is 0.0730. The van der Waals surface area contributed by atoms with Gasteiger partial charge in [0, 0.05) is 32.1 Å². The average Bonchev–Trinajstić information content (AvgIpc) is 3.09. The summed E-state index contributed by atoms with van der Waals surface area (Å²) in [5, 5.41) is 0. The summed E-state index contributed by atoms with van der Waals surface area (Å²) >= 11 is 0. The number of aromatic nitrogens is 2. The predicted molar refractivity (Wildman–Crippen MR) is 117 cm³/mol. The van der Waals surface area contributed by atoms with Crippen molar-refractivity contribution < 1.29 is 4.79 Å². The van der Waals surface area contributed by atoms with Gasteiger partial charge in [-0.2, -0.15) is 0 Å². The minimum atomic E-state index is 0.0170. The van der Waals surface area contributed by atoms with Gasteiger partial charge in [-0.1, -0.05) is 67.6 Å². The van der Waals surface area contributed by atoms with Crippen LogP contribution >= 0.6 is 0 Å². The van der Waals surface area contributed by atoms with Crippen molar-refractivity contribution in [2.45, 2.75) is 26.4 Å². The highest BCUT2D eigenvalue weighted by atomic mass is 16.2. The molecule has 29 heavy (non-hydrogen) atoms. The van der Waals surface area contributed by atoms with Gasteiger partial charge in [-0.15, -0.1) is 0 Å². The number of hydrogen-bond acceptors (Lipinski definition) is 2. The molecule has 0 bridgehead atoms. The second kappa shape index (κ2) is 8.31. The molecule has 0 aliphatic heterocycles. The van der Waals surface area contributed by atoms with Gasteiger partial charge in [0.1, 0.15) is 5.82 Å². The van der Waals surface area contributed by atoms with Gasteiger partial charge in [0.05, 0.1) is 11.0 Å². The predicted octanol–water partition coefficient (Wildman–Crippen LogP) is 4.98. The van der Waals surface area contributed by atoms with Crippen molar-refractivity contribution in [2.24, 2.45) is 7.05 Å². The number of imidazole rings is 1. The Labute approximate surface area is 171 Å². The fourth-order valence-electron chi connectivity index (χ4n) is 3.69. The summed E-state index contributed by atoms with van der Waals surface area (Å²) in [4.78, 5) is 20.0. The lowest BCUT2D eigenvalue weighted by atomic mass is 10.1. The second-order valence-electron chi connectivity index (χ2n) is 7.28. The van der Waals surface area contributed by atoms with E-state index in [0.717, 1.165) is 34.4 Å². The first-order valence-corrected chi connectivity index (χ1v) is 9.98. The van der Waals surface area contributed by atoms with Gasteiger partial charge < -0.3 is 9.47 Å². The molecule has 4 nitrogen and oxygen atoms in total. The molecule has 0 fully saturated rings. The van der Waals surface area contributed by atoms with Crippen LogP contribution in [0, 0.1) is 0 Å². The van der Waals surface area contributed by atoms with Crippen molar-refractivity contribution in [1.82, 2.24) is 14.5 Å². The molecule has 1 amide bonds. The topological polar surface area (TPSA) is 38.1 Å². The van der Waals surface area contributed by atoms with E-state index in [9.17, 15) is 4.79 Å². The van der Waals surface area contributed by atoms with E-state index in [-0.39, 0.29) is 5.91 Å². The number of carbonyl (C=O) groups is 1. The largest absolute Gasteiger partial charge is 0.331 e. The van der Waals surface area contributed by atoms with E-state index >= 15 is 0 Å². The first kappa shape index (κ1) is 18.9. The van der Waals surface area contributed by atoms with E-state index in [1.165, 1.54) is 0 Å². The number of fused-ring (bicyclic) bond motifs is 1. The monoisotopic (exact) mass is 383 g/mol. The highest BCUT2D eigenvalue weighted by Gasteiger charge is 2.18. The van der Waals surface area contributed by atoms with E-state index in [1.54, 1.807) is 0 Å². The molecule has 4 rings (SSSR count). The van der Waals surface area contributed by atoms with Crippen LogP contribution in [0.25, 0.3) is 11.0 Å². The van der Waals surface area contributed by atoms with Crippen molar-refractivity contribution in [1.29, 1.82) is 0 Å². The number of benzene rings is 3. The second-order valence-corrected chi connectivity index (χ2v) is 7.28. The van der Waals surface area contributed by atoms with Crippen molar-refractivity contribution in [3.05, 3.63) is 101 Å². The fraction of sp³-hybridized carbons (Fsp3) is 0.200. The molecule has 0 aliphatic rings. The fourth-order valence-corrected chi connectivity index (χ4v) is 3.69. The highest BCUT2D eigenvalue weighted by molar-refractivity contribution is 5.97. The zero-order valence-electron chi connectivity index (χ0n) is 16.9. The van der Waals surface area contributed by atoms with Crippen LogP contribution in [0.3, 0.4) is 0 Å².